The molecule has 0 radical (unpaired) electrons. The molecule has 0 aliphatic rings. The number of rotatable bonds is 3. The van der Waals surface area contributed by atoms with Crippen LogP contribution in [0.3, 0.4) is 0 Å². The molecule has 0 amide bonds. The van der Waals surface area contributed by atoms with E-state index < -0.39 is 5.82 Å². The van der Waals surface area contributed by atoms with E-state index >= 15 is 0 Å². The van der Waals surface area contributed by atoms with Crippen LogP contribution in [0.25, 0.3) is 0 Å². The molecule has 0 heterocycles. The molecule has 0 spiro atoms. The van der Waals surface area contributed by atoms with E-state index in [1.807, 2.05) is 0 Å². The van der Waals surface area contributed by atoms with E-state index in [0.29, 0.717) is 22.1 Å². The van der Waals surface area contributed by atoms with Crippen molar-refractivity contribution < 1.29 is 9.18 Å². The molecule has 21 heavy (non-hydrogen) atoms. The third kappa shape index (κ3) is 4.24. The maximum atomic E-state index is 13.0. The minimum absolute atomic E-state index is 0.0286. The van der Waals surface area contributed by atoms with Gasteiger partial charge in [0.15, 0.2) is 10.9 Å². The molecule has 108 valence electrons. The minimum Gasteiger partial charge on any atom is -0.332 e. The summed E-state index contributed by atoms with van der Waals surface area (Å²) < 4.78 is 13.0. The molecule has 6 heteroatoms. The van der Waals surface area contributed by atoms with Gasteiger partial charge in [0, 0.05) is 11.3 Å². The normalized spacial score (nSPS) is 10.0. The van der Waals surface area contributed by atoms with Gasteiger partial charge in [0.1, 0.15) is 5.82 Å². The smallest absolute Gasteiger partial charge is 0.175 e. The van der Waals surface area contributed by atoms with E-state index in [4.69, 9.17) is 23.8 Å². The Kier molecular flexibility index (Phi) is 4.88. The highest BCUT2D eigenvalue weighted by atomic mass is 35.5. The van der Waals surface area contributed by atoms with Crippen molar-refractivity contribution in [2.75, 3.05) is 10.6 Å². The Morgan fingerprint density at radius 1 is 1.19 bits per heavy atom. The molecule has 2 rings (SSSR count). The van der Waals surface area contributed by atoms with Crippen LogP contribution in [0.5, 0.6) is 0 Å². The average Bonchev–Trinajstić information content (AvgIpc) is 2.42. The fourth-order valence-electron chi connectivity index (χ4n) is 1.69. The Bertz CT molecular complexity index is 706. The summed E-state index contributed by atoms with van der Waals surface area (Å²) in [4.78, 5) is 11.3. The Hall–Kier alpha value is -1.98. The van der Waals surface area contributed by atoms with Gasteiger partial charge in [-0.3, -0.25) is 4.79 Å². The second-order valence-electron chi connectivity index (χ2n) is 4.34. The third-order valence-corrected chi connectivity index (χ3v) is 3.22. The standard InChI is InChI=1S/C15H12ClFN2OS/c1-9(20)10-3-2-4-12(7-10)18-15(21)19-14-6-5-11(17)8-13(14)16/h2-8H,1H3,(H2,18,19,21). The Labute approximate surface area is 132 Å². The molecule has 0 fully saturated rings. The van der Waals surface area contributed by atoms with Gasteiger partial charge in [-0.1, -0.05) is 23.7 Å². The van der Waals surface area contributed by atoms with Crippen molar-refractivity contribution in [3.05, 3.63) is 58.9 Å². The van der Waals surface area contributed by atoms with Crippen molar-refractivity contribution >= 4 is 46.1 Å². The van der Waals surface area contributed by atoms with Crippen LogP contribution in [0.2, 0.25) is 5.02 Å². The highest BCUT2D eigenvalue weighted by molar-refractivity contribution is 7.80. The maximum Gasteiger partial charge on any atom is 0.175 e. The van der Waals surface area contributed by atoms with Crippen LogP contribution in [-0.4, -0.2) is 10.9 Å². The van der Waals surface area contributed by atoms with Crippen LogP contribution in [-0.2, 0) is 0 Å². The molecule has 2 N–H and O–H groups in total. The van der Waals surface area contributed by atoms with E-state index in [0.717, 1.165) is 0 Å². The van der Waals surface area contributed by atoms with Crippen molar-refractivity contribution in [2.24, 2.45) is 0 Å². The Morgan fingerprint density at radius 3 is 2.62 bits per heavy atom. The zero-order chi connectivity index (χ0) is 15.4. The number of carbonyl (C=O) groups is 1. The Morgan fingerprint density at radius 2 is 1.95 bits per heavy atom. The lowest BCUT2D eigenvalue weighted by Gasteiger charge is -2.12. The first-order valence-corrected chi connectivity index (χ1v) is 6.88. The van der Waals surface area contributed by atoms with Crippen molar-refractivity contribution in [3.63, 3.8) is 0 Å². The minimum atomic E-state index is -0.418. The van der Waals surface area contributed by atoms with E-state index in [1.165, 1.54) is 25.1 Å². The lowest BCUT2D eigenvalue weighted by Crippen LogP contribution is -2.19. The number of halogens is 2. The summed E-state index contributed by atoms with van der Waals surface area (Å²) in [7, 11) is 0. The Balaban J connectivity index is 2.08. The molecule has 0 aliphatic heterocycles. The number of anilines is 2. The molecule has 3 nitrogen and oxygen atoms in total. The SMILES string of the molecule is CC(=O)c1cccc(NC(=S)Nc2ccc(F)cc2Cl)c1. The van der Waals surface area contributed by atoms with Crippen LogP contribution in [0.1, 0.15) is 17.3 Å². The van der Waals surface area contributed by atoms with E-state index in [2.05, 4.69) is 10.6 Å². The number of hydrogen-bond donors (Lipinski definition) is 2. The number of ketones is 1. The first-order valence-electron chi connectivity index (χ1n) is 6.10. The summed E-state index contributed by atoms with van der Waals surface area (Å²) in [6.45, 7) is 1.49. The molecule has 0 atom stereocenters. The maximum absolute atomic E-state index is 13.0. The molecule has 2 aromatic carbocycles. The number of nitrogens with one attached hydrogen (secondary N) is 2. The quantitative estimate of drug-likeness (QED) is 0.645. The van der Waals surface area contributed by atoms with Gasteiger partial charge in [0.2, 0.25) is 0 Å². The van der Waals surface area contributed by atoms with Gasteiger partial charge in [0.25, 0.3) is 0 Å². The second-order valence-corrected chi connectivity index (χ2v) is 5.16. The monoisotopic (exact) mass is 322 g/mol. The van der Waals surface area contributed by atoms with Crippen molar-refractivity contribution in [1.29, 1.82) is 0 Å². The molecule has 0 saturated heterocycles. The van der Waals surface area contributed by atoms with Crippen LogP contribution >= 0.6 is 23.8 Å². The zero-order valence-electron chi connectivity index (χ0n) is 11.1. The molecule has 0 bridgehead atoms. The average molecular weight is 323 g/mol. The van der Waals surface area contributed by atoms with Crippen LogP contribution in [0.15, 0.2) is 42.5 Å². The first-order chi connectivity index (χ1) is 9.95. The molecule has 0 aromatic heterocycles. The van der Waals surface area contributed by atoms with Gasteiger partial charge in [-0.05, 0) is 49.5 Å². The molecule has 0 aliphatic carbocycles. The fraction of sp³-hybridized carbons (Fsp3) is 0.0667. The van der Waals surface area contributed by atoms with Gasteiger partial charge in [-0.25, -0.2) is 4.39 Å². The third-order valence-electron chi connectivity index (χ3n) is 2.71. The predicted molar refractivity (Wildman–Crippen MR) is 87.7 cm³/mol. The number of hydrogen-bond acceptors (Lipinski definition) is 2. The van der Waals surface area contributed by atoms with Gasteiger partial charge >= 0.3 is 0 Å². The summed E-state index contributed by atoms with van der Waals surface area (Å²) in [5.74, 6) is -0.447. The summed E-state index contributed by atoms with van der Waals surface area (Å²) in [6.07, 6.45) is 0. The van der Waals surface area contributed by atoms with Gasteiger partial charge in [-0.15, -0.1) is 0 Å². The van der Waals surface area contributed by atoms with Crippen LogP contribution in [0.4, 0.5) is 15.8 Å². The lowest BCUT2D eigenvalue weighted by atomic mass is 10.1. The summed E-state index contributed by atoms with van der Waals surface area (Å²) >= 11 is 11.1. The van der Waals surface area contributed by atoms with Crippen LogP contribution in [0, 0.1) is 5.82 Å². The van der Waals surface area contributed by atoms with Crippen molar-refractivity contribution in [3.8, 4) is 0 Å². The number of carbonyl (C=O) groups excluding carboxylic acids is 1. The largest absolute Gasteiger partial charge is 0.332 e. The summed E-state index contributed by atoms with van der Waals surface area (Å²) in [5.41, 5.74) is 1.76. The summed E-state index contributed by atoms with van der Waals surface area (Å²) in [5, 5.41) is 6.34. The number of thiocarbonyl (C=S) groups is 1. The number of Topliss-reactive ketones (excluding diaryl/α,β-unsaturated/α-hetero) is 1. The predicted octanol–water partition coefficient (Wildman–Crippen LogP) is 4.49. The highest BCUT2D eigenvalue weighted by Crippen LogP contribution is 2.22. The topological polar surface area (TPSA) is 41.1 Å². The fourth-order valence-corrected chi connectivity index (χ4v) is 2.13. The second kappa shape index (κ2) is 6.65. The molecular weight excluding hydrogens is 311 g/mol. The molecular formula is C15H12ClFN2OS. The first kappa shape index (κ1) is 15.4. The van der Waals surface area contributed by atoms with Crippen molar-refractivity contribution in [1.82, 2.24) is 0 Å². The van der Waals surface area contributed by atoms with Gasteiger partial charge in [0.05, 0.1) is 10.7 Å². The molecule has 2 aromatic rings. The molecule has 0 saturated carbocycles. The van der Waals surface area contributed by atoms with Crippen LogP contribution < -0.4 is 10.6 Å². The van der Waals surface area contributed by atoms with E-state index in [1.54, 1.807) is 24.3 Å². The molecule has 0 unspecified atom stereocenters. The lowest BCUT2D eigenvalue weighted by molar-refractivity contribution is 0.101. The zero-order valence-corrected chi connectivity index (χ0v) is 12.7. The van der Waals surface area contributed by atoms with Gasteiger partial charge in [-0.2, -0.15) is 0 Å². The van der Waals surface area contributed by atoms with Crippen molar-refractivity contribution in [2.45, 2.75) is 6.92 Å². The van der Waals surface area contributed by atoms with E-state index in [9.17, 15) is 9.18 Å². The summed E-state index contributed by atoms with van der Waals surface area (Å²) in [6, 6.07) is 10.9. The highest BCUT2D eigenvalue weighted by Gasteiger charge is 2.05. The van der Waals surface area contributed by atoms with E-state index in [-0.39, 0.29) is 10.8 Å². The van der Waals surface area contributed by atoms with Gasteiger partial charge < -0.3 is 10.6 Å². The number of benzene rings is 2.